The number of rotatable bonds is 4. The predicted octanol–water partition coefficient (Wildman–Crippen LogP) is 2.20. The molecule has 1 aliphatic rings. The summed E-state index contributed by atoms with van der Waals surface area (Å²) < 4.78 is 6.05. The first-order valence-electron chi connectivity index (χ1n) is 8.48. The van der Waals surface area contributed by atoms with Crippen LogP contribution in [0.2, 0.25) is 0 Å². The van der Waals surface area contributed by atoms with Gasteiger partial charge >= 0.3 is 0 Å². The van der Waals surface area contributed by atoms with Gasteiger partial charge in [-0.05, 0) is 36.3 Å². The van der Waals surface area contributed by atoms with Gasteiger partial charge in [-0.3, -0.25) is 4.90 Å². The minimum absolute atomic E-state index is 0.0860. The van der Waals surface area contributed by atoms with Crippen LogP contribution < -0.4 is 4.90 Å². The quantitative estimate of drug-likeness (QED) is 0.713. The Hall–Kier alpha value is -2.06. The summed E-state index contributed by atoms with van der Waals surface area (Å²) in [5, 5.41) is 15.4. The van der Waals surface area contributed by atoms with E-state index in [2.05, 4.69) is 57.6 Å². The topological polar surface area (TPSA) is 62.5 Å². The van der Waals surface area contributed by atoms with E-state index < -0.39 is 0 Å². The van der Waals surface area contributed by atoms with Crippen molar-refractivity contribution in [1.82, 2.24) is 29.1 Å². The van der Waals surface area contributed by atoms with E-state index in [9.17, 15) is 0 Å². The van der Waals surface area contributed by atoms with Crippen molar-refractivity contribution < 1.29 is 0 Å². The number of fused-ring (bicyclic) bond motifs is 1. The molecule has 7 nitrogen and oxygen atoms in total. The summed E-state index contributed by atoms with van der Waals surface area (Å²) >= 11 is 1.51. The molecule has 0 saturated carbocycles. The molecule has 4 rings (SSSR count). The van der Waals surface area contributed by atoms with Crippen molar-refractivity contribution in [3.05, 3.63) is 35.1 Å². The van der Waals surface area contributed by atoms with Crippen molar-refractivity contribution in [2.24, 2.45) is 0 Å². The van der Waals surface area contributed by atoms with Crippen LogP contribution in [0.3, 0.4) is 0 Å². The van der Waals surface area contributed by atoms with Gasteiger partial charge in [-0.1, -0.05) is 20.8 Å². The normalized spacial score (nSPS) is 16.0. The third-order valence-corrected chi connectivity index (χ3v) is 5.28. The Labute approximate surface area is 151 Å². The number of hydrogen-bond donors (Lipinski definition) is 0. The Bertz CT molecular complexity index is 859. The highest BCUT2D eigenvalue weighted by Gasteiger charge is 2.31. The van der Waals surface area contributed by atoms with Crippen LogP contribution in [0.15, 0.2) is 23.7 Å². The second kappa shape index (κ2) is 6.03. The average molecular weight is 357 g/mol. The molecule has 3 aromatic rings. The Morgan fingerprint density at radius 3 is 2.72 bits per heavy atom. The van der Waals surface area contributed by atoms with Gasteiger partial charge in [0.05, 0.1) is 0 Å². The molecule has 3 aromatic heterocycles. The third-order valence-electron chi connectivity index (χ3n) is 4.64. The van der Waals surface area contributed by atoms with E-state index in [0.717, 1.165) is 36.9 Å². The van der Waals surface area contributed by atoms with Crippen molar-refractivity contribution >= 4 is 23.0 Å². The maximum Gasteiger partial charge on any atom is 0.178 e. The second-order valence-corrected chi connectivity index (χ2v) is 8.40. The van der Waals surface area contributed by atoms with Crippen molar-refractivity contribution in [2.75, 3.05) is 25.0 Å². The number of nitrogens with zero attached hydrogens (tertiary/aromatic N) is 7. The van der Waals surface area contributed by atoms with Crippen molar-refractivity contribution in [1.29, 1.82) is 0 Å². The summed E-state index contributed by atoms with van der Waals surface area (Å²) in [6.45, 7) is 9.31. The summed E-state index contributed by atoms with van der Waals surface area (Å²) in [5.74, 6) is 1.88. The van der Waals surface area contributed by atoms with Gasteiger partial charge in [-0.25, -0.2) is 4.37 Å². The highest BCUT2D eigenvalue weighted by molar-refractivity contribution is 7.03. The SMILES string of the molecule is CN(Cc1cnsc1)C1CN(c2ccc3nnc(C(C)(C)C)n3n2)C1. The fourth-order valence-corrected chi connectivity index (χ4v) is 3.59. The number of anilines is 1. The average Bonchev–Trinajstić information content (AvgIpc) is 3.13. The van der Waals surface area contributed by atoms with Gasteiger partial charge in [0, 0.05) is 42.7 Å². The molecule has 0 aromatic carbocycles. The van der Waals surface area contributed by atoms with Crippen LogP contribution in [0.25, 0.3) is 5.65 Å². The molecule has 1 aliphatic heterocycles. The van der Waals surface area contributed by atoms with E-state index in [-0.39, 0.29) is 5.41 Å². The molecule has 0 amide bonds. The second-order valence-electron chi connectivity index (χ2n) is 7.74. The van der Waals surface area contributed by atoms with E-state index in [0.29, 0.717) is 6.04 Å². The largest absolute Gasteiger partial charge is 0.352 e. The van der Waals surface area contributed by atoms with Crippen molar-refractivity contribution in [2.45, 2.75) is 38.8 Å². The Kier molecular flexibility index (Phi) is 3.96. The molecule has 0 N–H and O–H groups in total. The fraction of sp³-hybridized carbons (Fsp3) is 0.529. The van der Waals surface area contributed by atoms with Crippen LogP contribution in [0.4, 0.5) is 5.82 Å². The van der Waals surface area contributed by atoms with E-state index in [1.54, 1.807) is 0 Å². The van der Waals surface area contributed by atoms with Gasteiger partial charge in [-0.2, -0.15) is 4.52 Å². The molecule has 0 radical (unpaired) electrons. The third kappa shape index (κ3) is 3.11. The fourth-order valence-electron chi connectivity index (χ4n) is 3.06. The first-order chi connectivity index (χ1) is 11.9. The highest BCUT2D eigenvalue weighted by Crippen LogP contribution is 2.25. The smallest absolute Gasteiger partial charge is 0.178 e. The van der Waals surface area contributed by atoms with Crippen LogP contribution in [0, 0.1) is 0 Å². The summed E-state index contributed by atoms with van der Waals surface area (Å²) in [5.41, 5.74) is 2.00. The van der Waals surface area contributed by atoms with Crippen LogP contribution in [0.5, 0.6) is 0 Å². The van der Waals surface area contributed by atoms with Crippen LogP contribution in [-0.4, -0.2) is 55.3 Å². The van der Waals surface area contributed by atoms with Gasteiger partial charge in [-0.15, -0.1) is 15.3 Å². The van der Waals surface area contributed by atoms with E-state index in [4.69, 9.17) is 5.10 Å². The minimum Gasteiger partial charge on any atom is -0.352 e. The Morgan fingerprint density at radius 1 is 1.24 bits per heavy atom. The van der Waals surface area contributed by atoms with E-state index in [1.807, 2.05) is 22.8 Å². The first kappa shape index (κ1) is 16.4. The van der Waals surface area contributed by atoms with Gasteiger partial charge in [0.2, 0.25) is 0 Å². The highest BCUT2D eigenvalue weighted by atomic mass is 32.1. The molecular formula is C17H23N7S. The van der Waals surface area contributed by atoms with Crippen LogP contribution in [0.1, 0.15) is 32.2 Å². The van der Waals surface area contributed by atoms with Crippen molar-refractivity contribution in [3.8, 4) is 0 Å². The van der Waals surface area contributed by atoms with Gasteiger partial charge in [0.1, 0.15) is 5.82 Å². The number of hydrogen-bond acceptors (Lipinski definition) is 7. The van der Waals surface area contributed by atoms with Crippen molar-refractivity contribution in [3.63, 3.8) is 0 Å². The minimum atomic E-state index is -0.0860. The molecular weight excluding hydrogens is 334 g/mol. The zero-order valence-electron chi connectivity index (χ0n) is 15.0. The predicted molar refractivity (Wildman–Crippen MR) is 99.1 cm³/mol. The molecule has 25 heavy (non-hydrogen) atoms. The molecule has 1 saturated heterocycles. The molecule has 0 unspecified atom stereocenters. The lowest BCUT2D eigenvalue weighted by Gasteiger charge is -2.44. The molecule has 0 aliphatic carbocycles. The lowest BCUT2D eigenvalue weighted by Crippen LogP contribution is -2.58. The molecule has 8 heteroatoms. The van der Waals surface area contributed by atoms with E-state index >= 15 is 0 Å². The monoisotopic (exact) mass is 357 g/mol. The molecule has 4 heterocycles. The molecule has 1 fully saturated rings. The Morgan fingerprint density at radius 2 is 2.04 bits per heavy atom. The van der Waals surface area contributed by atoms with E-state index in [1.165, 1.54) is 17.1 Å². The van der Waals surface area contributed by atoms with Gasteiger partial charge in [0.25, 0.3) is 0 Å². The summed E-state index contributed by atoms with van der Waals surface area (Å²) in [6.07, 6.45) is 1.95. The van der Waals surface area contributed by atoms with Crippen LogP contribution >= 0.6 is 11.5 Å². The van der Waals surface area contributed by atoms with Gasteiger partial charge < -0.3 is 4.90 Å². The maximum absolute atomic E-state index is 4.78. The summed E-state index contributed by atoms with van der Waals surface area (Å²) in [4.78, 5) is 4.69. The molecule has 0 spiro atoms. The standard InChI is InChI=1S/C17H23N7S/c1-17(2,3)16-20-19-14-5-6-15(21-24(14)16)23-9-13(10-23)22(4)8-12-7-18-25-11-12/h5-7,11,13H,8-10H2,1-4H3. The van der Waals surface area contributed by atoms with Crippen LogP contribution in [-0.2, 0) is 12.0 Å². The zero-order chi connectivity index (χ0) is 17.6. The number of likely N-dealkylation sites (N-methyl/N-ethyl adjacent to an activating group) is 1. The lowest BCUT2D eigenvalue weighted by atomic mass is 9.96. The Balaban J connectivity index is 1.47. The summed E-state index contributed by atoms with van der Waals surface area (Å²) in [6, 6.07) is 4.58. The molecule has 132 valence electrons. The zero-order valence-corrected chi connectivity index (χ0v) is 15.9. The maximum atomic E-state index is 4.78. The van der Waals surface area contributed by atoms with Gasteiger partial charge in [0.15, 0.2) is 11.5 Å². The summed E-state index contributed by atoms with van der Waals surface area (Å²) in [7, 11) is 2.17. The lowest BCUT2D eigenvalue weighted by molar-refractivity contribution is 0.196. The number of aromatic nitrogens is 5. The molecule has 0 bridgehead atoms. The first-order valence-corrected chi connectivity index (χ1v) is 9.32. The molecule has 0 atom stereocenters.